The van der Waals surface area contributed by atoms with Crippen LogP contribution in [0.5, 0.6) is 0 Å². The van der Waals surface area contributed by atoms with Gasteiger partial charge in [-0.1, -0.05) is 53.4 Å². The monoisotopic (exact) mass is 761 g/mol. The number of carbonyl (C=O) groups is 1. The third-order valence-corrected chi connectivity index (χ3v) is 7.92. The van der Waals surface area contributed by atoms with Crippen molar-refractivity contribution in [3.63, 3.8) is 0 Å². The van der Waals surface area contributed by atoms with Crippen LogP contribution in [0.3, 0.4) is 0 Å². The van der Waals surface area contributed by atoms with Crippen molar-refractivity contribution in [2.75, 3.05) is 26.2 Å². The number of rotatable bonds is 23. The zero-order chi connectivity index (χ0) is 39.4. The van der Waals surface area contributed by atoms with Gasteiger partial charge in [-0.3, -0.25) is 0 Å². The quantitative estimate of drug-likeness (QED) is 0.0591. The molecule has 0 saturated carbocycles. The molecule has 3 nitrogen and oxygen atoms in total. The van der Waals surface area contributed by atoms with Gasteiger partial charge in [0.2, 0.25) is 0 Å². The number of hydrogen-bond donors (Lipinski definition) is 0. The summed E-state index contributed by atoms with van der Waals surface area (Å²) in [6.07, 6.45) is 9.08. The minimum Gasteiger partial charge on any atom is -0.544 e. The standard InChI is InChI=1S/C20H44N.C9HF17O2/c1-5-9-13-17-21(18-14-10-6-2,19-15-11-7-3)20-16-12-8-4;10-2(11,1(27)28)3(12,13)4(14,15)5(16,17)6(18,19)7(20,21)8(22,23)9(24,25)26/h5-20H2,1-4H3;(H,27,28)/q+1;/p-1. The molecule has 0 rings (SSSR count). The lowest BCUT2D eigenvalue weighted by Gasteiger charge is -2.42. The van der Waals surface area contributed by atoms with E-state index in [1.54, 1.807) is 0 Å². The highest BCUT2D eigenvalue weighted by atomic mass is 19.4. The number of carboxylic acid groups (broad SMARTS) is 1. The number of carboxylic acids is 1. The Hall–Kier alpha value is -1.76. The SMILES string of the molecule is CCCCC[N+](CCCCC)(CCCCC)CCCCC.O=C([O-])C(F)(F)C(F)(F)C(F)(F)C(F)(F)C(F)(F)C(F)(F)C(F)(F)C(F)(F)F. The van der Waals surface area contributed by atoms with Crippen LogP contribution >= 0.6 is 0 Å². The molecule has 296 valence electrons. The molecule has 0 aromatic carbocycles. The van der Waals surface area contributed by atoms with Crippen molar-refractivity contribution in [2.45, 2.75) is 152 Å². The lowest BCUT2D eigenvalue weighted by molar-refractivity contribution is -0.929. The average Bonchev–Trinajstić information content (AvgIpc) is 2.96. The molecule has 49 heavy (non-hydrogen) atoms. The number of quaternary nitrogens is 1. The topological polar surface area (TPSA) is 40.1 Å². The van der Waals surface area contributed by atoms with Gasteiger partial charge in [-0.2, -0.15) is 74.6 Å². The second kappa shape index (κ2) is 18.6. The van der Waals surface area contributed by atoms with E-state index in [-0.39, 0.29) is 0 Å². The van der Waals surface area contributed by atoms with Gasteiger partial charge in [-0.05, 0) is 51.4 Å². The van der Waals surface area contributed by atoms with Crippen molar-refractivity contribution >= 4 is 5.97 Å². The van der Waals surface area contributed by atoms with Crippen molar-refractivity contribution in [3.05, 3.63) is 0 Å². The van der Waals surface area contributed by atoms with E-state index in [2.05, 4.69) is 27.7 Å². The predicted octanol–water partition coefficient (Wildman–Crippen LogP) is 10.3. The highest BCUT2D eigenvalue weighted by Crippen LogP contribution is 2.63. The molecular weight excluding hydrogens is 717 g/mol. The summed E-state index contributed by atoms with van der Waals surface area (Å²) in [5, 5.41) is 9.65. The Balaban J connectivity index is 0. The first kappa shape index (κ1) is 49.4. The van der Waals surface area contributed by atoms with E-state index < -0.39 is 53.6 Å². The molecule has 0 aromatic rings. The van der Waals surface area contributed by atoms with E-state index in [1.165, 1.54) is 108 Å². The van der Waals surface area contributed by atoms with Crippen LogP contribution in [0.15, 0.2) is 0 Å². The molecule has 0 N–H and O–H groups in total. The summed E-state index contributed by atoms with van der Waals surface area (Å²) in [6.45, 7) is 15.1. The van der Waals surface area contributed by atoms with Gasteiger partial charge in [-0.25, -0.2) is 0 Å². The first-order valence-electron chi connectivity index (χ1n) is 15.7. The van der Waals surface area contributed by atoms with Gasteiger partial charge in [0, 0.05) is 0 Å². The van der Waals surface area contributed by atoms with E-state index in [4.69, 9.17) is 0 Å². The summed E-state index contributed by atoms with van der Waals surface area (Å²) < 4.78 is 215. The van der Waals surface area contributed by atoms with Crippen LogP contribution in [0.4, 0.5) is 74.6 Å². The van der Waals surface area contributed by atoms with Gasteiger partial charge in [0.15, 0.2) is 0 Å². The highest BCUT2D eigenvalue weighted by Gasteiger charge is 2.95. The molecule has 0 atom stereocenters. The minimum absolute atomic E-state index is 1.36. The number of aliphatic carboxylic acids is 1. The van der Waals surface area contributed by atoms with Crippen molar-refractivity contribution in [3.8, 4) is 0 Å². The predicted molar refractivity (Wildman–Crippen MR) is 144 cm³/mol. The van der Waals surface area contributed by atoms with Crippen molar-refractivity contribution in [1.29, 1.82) is 0 Å². The maximum atomic E-state index is 13.0. The maximum Gasteiger partial charge on any atom is 0.460 e. The van der Waals surface area contributed by atoms with Crippen LogP contribution in [0.25, 0.3) is 0 Å². The number of halogens is 17. The molecule has 0 saturated heterocycles. The molecule has 0 aliphatic heterocycles. The first-order chi connectivity index (χ1) is 21.9. The van der Waals surface area contributed by atoms with Crippen LogP contribution in [-0.4, -0.2) is 84.3 Å². The fraction of sp³-hybridized carbons (Fsp3) is 0.966. The molecule has 0 heterocycles. The maximum absolute atomic E-state index is 13.0. The molecule has 0 aliphatic rings. The van der Waals surface area contributed by atoms with Gasteiger partial charge < -0.3 is 14.4 Å². The Morgan fingerprint density at radius 1 is 0.408 bits per heavy atom. The van der Waals surface area contributed by atoms with Gasteiger partial charge in [0.1, 0.15) is 5.97 Å². The molecule has 0 bridgehead atoms. The number of nitrogens with zero attached hydrogens (tertiary/aromatic N) is 1. The van der Waals surface area contributed by atoms with E-state index >= 15 is 0 Å². The molecule has 20 heteroatoms. The van der Waals surface area contributed by atoms with E-state index in [9.17, 15) is 84.5 Å². The summed E-state index contributed by atoms with van der Waals surface area (Å²) in [4.78, 5) is 9.65. The second-order valence-electron chi connectivity index (χ2n) is 11.9. The molecule has 0 amide bonds. The van der Waals surface area contributed by atoms with Crippen LogP contribution in [0.1, 0.15) is 105 Å². The molecular formula is C29H44F17NO2. The largest absolute Gasteiger partial charge is 0.544 e. The number of hydrogen-bond acceptors (Lipinski definition) is 2. The minimum atomic E-state index is -8.79. The fourth-order valence-electron chi connectivity index (χ4n) is 4.75. The van der Waals surface area contributed by atoms with Crippen LogP contribution < -0.4 is 5.11 Å². The lowest BCUT2D eigenvalue weighted by atomic mass is 9.89. The Labute approximate surface area is 274 Å². The summed E-state index contributed by atoms with van der Waals surface area (Å²) in [6, 6.07) is 0. The van der Waals surface area contributed by atoms with Crippen LogP contribution in [-0.2, 0) is 4.79 Å². The van der Waals surface area contributed by atoms with Crippen molar-refractivity contribution in [2.24, 2.45) is 0 Å². The Kier molecular flexibility index (Phi) is 18.8. The lowest BCUT2D eigenvalue weighted by Crippen LogP contribution is -2.75. The molecule has 0 radical (unpaired) electrons. The second-order valence-corrected chi connectivity index (χ2v) is 11.9. The van der Waals surface area contributed by atoms with Gasteiger partial charge in [0.25, 0.3) is 0 Å². The summed E-state index contributed by atoms with van der Waals surface area (Å²) in [5.74, 6) is -63.5. The fourth-order valence-corrected chi connectivity index (χ4v) is 4.75. The molecule has 0 fully saturated rings. The average molecular weight is 762 g/mol. The molecule has 0 unspecified atom stereocenters. The van der Waals surface area contributed by atoms with Gasteiger partial charge in [-0.15, -0.1) is 0 Å². The third-order valence-electron chi connectivity index (χ3n) is 7.92. The summed E-state index contributed by atoms with van der Waals surface area (Å²) >= 11 is 0. The highest BCUT2D eigenvalue weighted by molar-refractivity contribution is 5.75. The molecule has 0 spiro atoms. The molecule has 0 aromatic heterocycles. The number of alkyl halides is 17. The molecule has 0 aliphatic carbocycles. The van der Waals surface area contributed by atoms with Crippen molar-refractivity contribution in [1.82, 2.24) is 0 Å². The normalized spacial score (nSPS) is 14.5. The first-order valence-corrected chi connectivity index (χ1v) is 15.7. The Morgan fingerprint density at radius 3 is 0.837 bits per heavy atom. The third kappa shape index (κ3) is 10.9. The Morgan fingerprint density at radius 2 is 0.633 bits per heavy atom. The van der Waals surface area contributed by atoms with Gasteiger partial charge >= 0.3 is 47.6 Å². The summed E-state index contributed by atoms with van der Waals surface area (Å²) in [5.41, 5.74) is 0. The van der Waals surface area contributed by atoms with Crippen LogP contribution in [0.2, 0.25) is 0 Å². The Bertz CT molecular complexity index is 923. The van der Waals surface area contributed by atoms with E-state index in [0.29, 0.717) is 0 Å². The summed E-state index contributed by atoms with van der Waals surface area (Å²) in [7, 11) is 0. The van der Waals surface area contributed by atoms with E-state index in [1.807, 2.05) is 0 Å². The van der Waals surface area contributed by atoms with Gasteiger partial charge in [0.05, 0.1) is 26.2 Å². The van der Waals surface area contributed by atoms with E-state index in [0.717, 1.165) is 0 Å². The van der Waals surface area contributed by atoms with Crippen LogP contribution in [0, 0.1) is 0 Å². The zero-order valence-electron chi connectivity index (χ0n) is 27.5. The smallest absolute Gasteiger partial charge is 0.460 e. The number of unbranched alkanes of at least 4 members (excludes halogenated alkanes) is 8. The van der Waals surface area contributed by atoms with Crippen molar-refractivity contribution < 1.29 is 89.0 Å². The zero-order valence-corrected chi connectivity index (χ0v) is 27.5. The number of carbonyl (C=O) groups excluding carboxylic acids is 1.